The van der Waals surface area contributed by atoms with Gasteiger partial charge in [-0.3, -0.25) is 4.79 Å². The zero-order chi connectivity index (χ0) is 19.1. The molecule has 0 aliphatic carbocycles. The molecule has 1 aliphatic heterocycles. The lowest BCUT2D eigenvalue weighted by molar-refractivity contribution is 0.0734. The summed E-state index contributed by atoms with van der Waals surface area (Å²) in [6.07, 6.45) is 2.96. The maximum atomic E-state index is 12.9. The van der Waals surface area contributed by atoms with Gasteiger partial charge in [0.15, 0.2) is 6.19 Å². The lowest BCUT2D eigenvalue weighted by Crippen LogP contribution is -2.38. The average Bonchev–Trinajstić information content (AvgIpc) is 3.38. The molecular weight excluding hydrogens is 342 g/mol. The average molecular weight is 363 g/mol. The molecule has 0 spiro atoms. The maximum Gasteiger partial charge on any atom is 0.270 e. The van der Waals surface area contributed by atoms with E-state index in [1.165, 1.54) is 0 Å². The van der Waals surface area contributed by atoms with Crippen molar-refractivity contribution in [2.24, 2.45) is 0 Å². The quantitative estimate of drug-likeness (QED) is 0.723. The van der Waals surface area contributed by atoms with Gasteiger partial charge < -0.3 is 19.3 Å². The molecule has 27 heavy (non-hydrogen) atoms. The first-order chi connectivity index (χ1) is 13.0. The van der Waals surface area contributed by atoms with Gasteiger partial charge in [-0.05, 0) is 44.0 Å². The van der Waals surface area contributed by atoms with Crippen LogP contribution in [0.25, 0.3) is 22.0 Å². The Bertz CT molecular complexity index is 1040. The zero-order valence-electron chi connectivity index (χ0n) is 15.6. The number of benzene rings is 1. The molecule has 3 aromatic rings. The van der Waals surface area contributed by atoms with Crippen LogP contribution in [0, 0.1) is 25.3 Å². The van der Waals surface area contributed by atoms with Crippen molar-refractivity contribution in [3.8, 4) is 17.3 Å². The second-order valence-corrected chi connectivity index (χ2v) is 7.09. The molecule has 2 aromatic heterocycles. The molecule has 1 atom stereocenters. The SMILES string of the molecule is Cc1noc(C)c1-c1ccc2[nH]c(C(=O)N(C)[C@@H]3CCN(C#N)C3)cc2c1. The van der Waals surface area contributed by atoms with Gasteiger partial charge >= 0.3 is 0 Å². The van der Waals surface area contributed by atoms with Crippen LogP contribution in [0.5, 0.6) is 0 Å². The van der Waals surface area contributed by atoms with E-state index in [9.17, 15) is 4.79 Å². The lowest BCUT2D eigenvalue weighted by atomic mass is 10.0. The normalized spacial score (nSPS) is 16.7. The van der Waals surface area contributed by atoms with E-state index in [-0.39, 0.29) is 11.9 Å². The van der Waals surface area contributed by atoms with Gasteiger partial charge in [-0.15, -0.1) is 0 Å². The standard InChI is InChI=1S/C20H21N5O2/c1-12-19(13(2)27-23-12)14-4-5-17-15(8-14)9-18(22-17)20(26)24(3)16-6-7-25(10-16)11-21/h4-5,8-9,16,22H,6-7,10H2,1-3H3/t16-/m1/s1. The molecule has 1 N–H and O–H groups in total. The summed E-state index contributed by atoms with van der Waals surface area (Å²) in [6, 6.07) is 7.96. The first kappa shape index (κ1) is 17.2. The Balaban J connectivity index is 1.62. The predicted molar refractivity (Wildman–Crippen MR) is 101 cm³/mol. The molecule has 0 bridgehead atoms. The van der Waals surface area contributed by atoms with E-state index in [4.69, 9.17) is 9.78 Å². The van der Waals surface area contributed by atoms with Crippen molar-refractivity contribution in [3.63, 3.8) is 0 Å². The second kappa shape index (κ2) is 6.47. The van der Waals surface area contributed by atoms with Crippen molar-refractivity contribution in [1.29, 1.82) is 5.26 Å². The molecule has 7 heteroatoms. The van der Waals surface area contributed by atoms with Crippen LogP contribution in [0.2, 0.25) is 0 Å². The van der Waals surface area contributed by atoms with Gasteiger partial charge in [0.25, 0.3) is 5.91 Å². The van der Waals surface area contributed by atoms with Crippen LogP contribution in [0.3, 0.4) is 0 Å². The summed E-state index contributed by atoms with van der Waals surface area (Å²) < 4.78 is 5.27. The Kier molecular flexibility index (Phi) is 4.11. The molecule has 3 heterocycles. The number of rotatable bonds is 3. The Morgan fingerprint density at radius 2 is 2.22 bits per heavy atom. The van der Waals surface area contributed by atoms with Gasteiger partial charge in [0.2, 0.25) is 0 Å². The van der Waals surface area contributed by atoms with Crippen LogP contribution in [0.15, 0.2) is 28.8 Å². The van der Waals surface area contributed by atoms with Gasteiger partial charge in [0.05, 0.1) is 11.7 Å². The first-order valence-electron chi connectivity index (χ1n) is 8.95. The number of nitrogens with zero attached hydrogens (tertiary/aromatic N) is 4. The molecule has 0 radical (unpaired) electrons. The Labute approximate surface area is 157 Å². The van der Waals surface area contributed by atoms with Gasteiger partial charge in [0.1, 0.15) is 11.5 Å². The molecule has 0 saturated carbocycles. The number of nitriles is 1. The van der Waals surface area contributed by atoms with E-state index in [2.05, 4.69) is 16.3 Å². The van der Waals surface area contributed by atoms with E-state index in [1.54, 1.807) is 16.8 Å². The molecular formula is C20H21N5O2. The molecule has 0 unspecified atom stereocenters. The number of carbonyl (C=O) groups excluding carboxylic acids is 1. The highest BCUT2D eigenvalue weighted by Gasteiger charge is 2.29. The molecule has 4 rings (SSSR count). The highest BCUT2D eigenvalue weighted by atomic mass is 16.5. The number of carbonyl (C=O) groups is 1. The summed E-state index contributed by atoms with van der Waals surface area (Å²) in [6.45, 7) is 5.11. The third-order valence-corrected chi connectivity index (χ3v) is 5.35. The number of aryl methyl sites for hydroxylation is 2. The Morgan fingerprint density at radius 3 is 2.89 bits per heavy atom. The number of nitrogens with one attached hydrogen (secondary N) is 1. The summed E-state index contributed by atoms with van der Waals surface area (Å²) in [5.74, 6) is 0.719. The maximum absolute atomic E-state index is 12.9. The number of likely N-dealkylation sites (tertiary alicyclic amines) is 1. The van der Waals surface area contributed by atoms with Crippen molar-refractivity contribution < 1.29 is 9.32 Å². The van der Waals surface area contributed by atoms with Crippen LogP contribution in [0.4, 0.5) is 0 Å². The molecule has 7 nitrogen and oxygen atoms in total. The van der Waals surface area contributed by atoms with Crippen molar-refractivity contribution in [3.05, 3.63) is 41.4 Å². The van der Waals surface area contributed by atoms with E-state index < -0.39 is 0 Å². The Hall–Kier alpha value is -3.27. The van der Waals surface area contributed by atoms with E-state index in [1.807, 2.05) is 38.1 Å². The largest absolute Gasteiger partial charge is 0.361 e. The van der Waals surface area contributed by atoms with Gasteiger partial charge in [-0.2, -0.15) is 5.26 Å². The second-order valence-electron chi connectivity index (χ2n) is 7.09. The summed E-state index contributed by atoms with van der Waals surface area (Å²) >= 11 is 0. The highest BCUT2D eigenvalue weighted by Crippen LogP contribution is 2.30. The van der Waals surface area contributed by atoms with E-state index in [0.29, 0.717) is 18.8 Å². The molecule has 138 valence electrons. The monoisotopic (exact) mass is 363 g/mol. The van der Waals surface area contributed by atoms with E-state index >= 15 is 0 Å². The van der Waals surface area contributed by atoms with Gasteiger partial charge in [0, 0.05) is 36.6 Å². The molecule has 1 aromatic carbocycles. The summed E-state index contributed by atoms with van der Waals surface area (Å²) in [5, 5.41) is 14.0. The minimum Gasteiger partial charge on any atom is -0.361 e. The molecule has 1 amide bonds. The molecule has 1 aliphatic rings. The smallest absolute Gasteiger partial charge is 0.270 e. The number of aromatic nitrogens is 2. The van der Waals surface area contributed by atoms with Gasteiger partial charge in [-0.25, -0.2) is 0 Å². The third kappa shape index (κ3) is 2.93. The van der Waals surface area contributed by atoms with Crippen LogP contribution >= 0.6 is 0 Å². The number of amides is 1. The number of hydrogen-bond acceptors (Lipinski definition) is 5. The zero-order valence-corrected chi connectivity index (χ0v) is 15.6. The fraction of sp³-hybridized carbons (Fsp3) is 0.350. The van der Waals surface area contributed by atoms with Crippen LogP contribution in [0.1, 0.15) is 28.4 Å². The summed E-state index contributed by atoms with van der Waals surface area (Å²) in [7, 11) is 1.80. The minimum atomic E-state index is -0.0603. The highest BCUT2D eigenvalue weighted by molar-refractivity contribution is 5.99. The summed E-state index contributed by atoms with van der Waals surface area (Å²) in [4.78, 5) is 19.5. The van der Waals surface area contributed by atoms with Crippen LogP contribution in [-0.2, 0) is 0 Å². The number of likely N-dealkylation sites (N-methyl/N-ethyl adjacent to an activating group) is 1. The first-order valence-corrected chi connectivity index (χ1v) is 8.95. The lowest BCUT2D eigenvalue weighted by Gasteiger charge is -2.23. The van der Waals surface area contributed by atoms with Gasteiger partial charge in [-0.1, -0.05) is 11.2 Å². The van der Waals surface area contributed by atoms with E-state index in [0.717, 1.165) is 39.9 Å². The third-order valence-electron chi connectivity index (χ3n) is 5.35. The molecule has 1 fully saturated rings. The van der Waals surface area contributed by atoms with Crippen molar-refractivity contribution in [1.82, 2.24) is 19.9 Å². The summed E-state index contributed by atoms with van der Waals surface area (Å²) in [5.41, 5.74) is 4.32. The number of H-pyrrole nitrogens is 1. The Morgan fingerprint density at radius 1 is 1.41 bits per heavy atom. The number of hydrogen-bond donors (Lipinski definition) is 1. The fourth-order valence-corrected chi connectivity index (χ4v) is 3.80. The van der Waals surface area contributed by atoms with Crippen molar-refractivity contribution in [2.45, 2.75) is 26.3 Å². The topological polar surface area (TPSA) is 89.2 Å². The van der Waals surface area contributed by atoms with Crippen molar-refractivity contribution >= 4 is 16.8 Å². The minimum absolute atomic E-state index is 0.0569. The van der Waals surface area contributed by atoms with Crippen LogP contribution < -0.4 is 0 Å². The molecule has 1 saturated heterocycles. The predicted octanol–water partition coefficient (Wildman–Crippen LogP) is 3.07. The number of aromatic amines is 1. The number of fused-ring (bicyclic) bond motifs is 1. The van der Waals surface area contributed by atoms with Crippen LogP contribution in [-0.4, -0.2) is 52.0 Å². The van der Waals surface area contributed by atoms with Crippen molar-refractivity contribution in [2.75, 3.05) is 20.1 Å². The fourth-order valence-electron chi connectivity index (χ4n) is 3.80.